The average Bonchev–Trinajstić information content (AvgIpc) is 2.94. The van der Waals surface area contributed by atoms with Crippen LogP contribution in [0.2, 0.25) is 18.1 Å². The van der Waals surface area contributed by atoms with Crippen LogP contribution in [0, 0.1) is 0 Å². The Morgan fingerprint density at radius 2 is 1.86 bits per heavy atom. The largest absolute Gasteiger partial charge is 0.497 e. The summed E-state index contributed by atoms with van der Waals surface area (Å²) in [5, 5.41) is 3.54. The highest BCUT2D eigenvalue weighted by Gasteiger charge is 2.41. The maximum Gasteiger partial charge on any atom is 0.193 e. The van der Waals surface area contributed by atoms with Crippen molar-refractivity contribution < 1.29 is 18.7 Å². The standard InChI is InChI=1S/C23H33NO4Si/c1-23(2,3)29(5,6)28-21-14-24-13-17-11-18(25)12-20(17)22(21)27-15-16-7-9-19(26-4)10-8-16/h7-11,21,24H,12-15H2,1-6H3. The molecule has 1 aliphatic heterocycles. The fourth-order valence-electron chi connectivity index (χ4n) is 3.34. The summed E-state index contributed by atoms with van der Waals surface area (Å²) in [6.45, 7) is 13.0. The van der Waals surface area contributed by atoms with Gasteiger partial charge in [-0.1, -0.05) is 32.9 Å². The van der Waals surface area contributed by atoms with Crippen LogP contribution in [-0.2, 0) is 20.6 Å². The lowest BCUT2D eigenvalue weighted by Crippen LogP contribution is -2.47. The summed E-state index contributed by atoms with van der Waals surface area (Å²) in [5.74, 6) is 1.77. The number of methoxy groups -OCH3 is 1. The number of fused-ring (bicyclic) bond motifs is 1. The molecule has 0 saturated heterocycles. The number of ether oxygens (including phenoxy) is 2. The van der Waals surface area contributed by atoms with Crippen molar-refractivity contribution >= 4 is 14.1 Å². The first-order valence-corrected chi connectivity index (χ1v) is 13.1. The molecule has 158 valence electrons. The topological polar surface area (TPSA) is 56.8 Å². The van der Waals surface area contributed by atoms with Crippen LogP contribution < -0.4 is 10.1 Å². The summed E-state index contributed by atoms with van der Waals surface area (Å²) in [4.78, 5) is 12.1. The summed E-state index contributed by atoms with van der Waals surface area (Å²) in [7, 11) is -0.356. The van der Waals surface area contributed by atoms with Gasteiger partial charge in [0.2, 0.25) is 0 Å². The molecule has 0 fully saturated rings. The van der Waals surface area contributed by atoms with Gasteiger partial charge in [-0.25, -0.2) is 0 Å². The van der Waals surface area contributed by atoms with Gasteiger partial charge in [0.25, 0.3) is 0 Å². The molecule has 1 atom stereocenters. The zero-order chi connectivity index (χ0) is 21.2. The van der Waals surface area contributed by atoms with Gasteiger partial charge in [-0.2, -0.15) is 0 Å². The van der Waals surface area contributed by atoms with Crippen LogP contribution in [0.15, 0.2) is 47.2 Å². The smallest absolute Gasteiger partial charge is 0.193 e. The highest BCUT2D eigenvalue weighted by atomic mass is 28.4. The second-order valence-corrected chi connectivity index (χ2v) is 14.0. The Morgan fingerprint density at radius 3 is 2.48 bits per heavy atom. The minimum atomic E-state index is -2.01. The molecule has 0 bridgehead atoms. The second kappa shape index (κ2) is 8.46. The Balaban J connectivity index is 1.88. The van der Waals surface area contributed by atoms with E-state index in [2.05, 4.69) is 39.2 Å². The molecule has 0 radical (unpaired) electrons. The Labute approximate surface area is 175 Å². The molecular weight excluding hydrogens is 382 g/mol. The van der Waals surface area contributed by atoms with E-state index < -0.39 is 8.32 Å². The second-order valence-electron chi connectivity index (χ2n) is 9.29. The van der Waals surface area contributed by atoms with Crippen molar-refractivity contribution in [2.75, 3.05) is 20.2 Å². The lowest BCUT2D eigenvalue weighted by atomic mass is 10.1. The number of hydrogen-bond donors (Lipinski definition) is 1. The number of benzene rings is 1. The van der Waals surface area contributed by atoms with E-state index in [1.54, 1.807) is 13.2 Å². The molecule has 1 aliphatic carbocycles. The van der Waals surface area contributed by atoms with E-state index in [1.165, 1.54) is 0 Å². The van der Waals surface area contributed by atoms with Gasteiger partial charge in [0.1, 0.15) is 24.2 Å². The van der Waals surface area contributed by atoms with Crippen LogP contribution in [0.4, 0.5) is 0 Å². The van der Waals surface area contributed by atoms with Crippen LogP contribution in [0.3, 0.4) is 0 Å². The van der Waals surface area contributed by atoms with Crippen LogP contribution in [-0.4, -0.2) is 40.4 Å². The van der Waals surface area contributed by atoms with Gasteiger partial charge >= 0.3 is 0 Å². The fourth-order valence-corrected chi connectivity index (χ4v) is 4.59. The zero-order valence-corrected chi connectivity index (χ0v) is 19.4. The van der Waals surface area contributed by atoms with Gasteiger partial charge in [0.15, 0.2) is 14.1 Å². The Hall–Kier alpha value is -1.89. The maximum absolute atomic E-state index is 12.1. The van der Waals surface area contributed by atoms with Gasteiger partial charge in [-0.3, -0.25) is 4.79 Å². The Morgan fingerprint density at radius 1 is 1.17 bits per heavy atom. The van der Waals surface area contributed by atoms with E-state index in [-0.39, 0.29) is 16.9 Å². The molecule has 5 nitrogen and oxygen atoms in total. The molecule has 1 aromatic rings. The third kappa shape index (κ3) is 5.00. The van der Waals surface area contributed by atoms with Crippen molar-refractivity contribution in [2.24, 2.45) is 0 Å². The quantitative estimate of drug-likeness (QED) is 0.700. The molecule has 0 spiro atoms. The van der Waals surface area contributed by atoms with E-state index >= 15 is 0 Å². The SMILES string of the molecule is COc1ccc(COC2=C3CC(=O)C=C3CNCC2O[Si](C)(C)C(C)(C)C)cc1. The summed E-state index contributed by atoms with van der Waals surface area (Å²) in [6, 6.07) is 7.86. The molecule has 0 amide bonds. The van der Waals surface area contributed by atoms with Crippen molar-refractivity contribution in [2.45, 2.75) is 58.0 Å². The predicted molar refractivity (Wildman–Crippen MR) is 117 cm³/mol. The maximum atomic E-state index is 12.1. The number of hydrogen-bond acceptors (Lipinski definition) is 5. The number of ketones is 1. The lowest BCUT2D eigenvalue weighted by molar-refractivity contribution is -0.113. The van der Waals surface area contributed by atoms with E-state index in [4.69, 9.17) is 13.9 Å². The van der Waals surface area contributed by atoms with Gasteiger partial charge in [-0.05, 0) is 47.5 Å². The molecule has 3 rings (SSSR count). The predicted octanol–water partition coefficient (Wildman–Crippen LogP) is 4.36. The first-order chi connectivity index (χ1) is 13.6. The van der Waals surface area contributed by atoms with Crippen LogP contribution in [0.25, 0.3) is 0 Å². The van der Waals surface area contributed by atoms with Gasteiger partial charge in [0.05, 0.1) is 7.11 Å². The molecule has 6 heteroatoms. The van der Waals surface area contributed by atoms with Crippen molar-refractivity contribution in [1.82, 2.24) is 5.32 Å². The highest BCUT2D eigenvalue weighted by Crippen LogP contribution is 2.40. The third-order valence-corrected chi connectivity index (χ3v) is 10.6. The molecule has 1 heterocycles. The monoisotopic (exact) mass is 415 g/mol. The summed E-state index contributed by atoms with van der Waals surface area (Å²) >= 11 is 0. The van der Waals surface area contributed by atoms with Crippen molar-refractivity contribution in [1.29, 1.82) is 0 Å². The molecule has 1 aromatic carbocycles. The number of rotatable bonds is 6. The number of carbonyl (C=O) groups is 1. The first kappa shape index (κ1) is 21.8. The van der Waals surface area contributed by atoms with E-state index in [0.717, 1.165) is 28.2 Å². The van der Waals surface area contributed by atoms with Gasteiger partial charge in [-0.15, -0.1) is 0 Å². The average molecular weight is 416 g/mol. The Bertz CT molecular complexity index is 818. The fraction of sp³-hybridized carbons (Fsp3) is 0.522. The number of allylic oxidation sites excluding steroid dienone is 1. The zero-order valence-electron chi connectivity index (χ0n) is 18.4. The summed E-state index contributed by atoms with van der Waals surface area (Å²) < 4.78 is 18.3. The van der Waals surface area contributed by atoms with Crippen LogP contribution in [0.5, 0.6) is 5.75 Å². The first-order valence-electron chi connectivity index (χ1n) is 10.2. The lowest BCUT2D eigenvalue weighted by Gasteiger charge is -2.39. The van der Waals surface area contributed by atoms with Crippen LogP contribution in [0.1, 0.15) is 32.8 Å². The van der Waals surface area contributed by atoms with Crippen molar-refractivity contribution in [3.05, 3.63) is 52.8 Å². The molecule has 2 aliphatic rings. The van der Waals surface area contributed by atoms with Gasteiger partial charge < -0.3 is 19.2 Å². The molecular formula is C23H33NO4Si. The van der Waals surface area contributed by atoms with Crippen molar-refractivity contribution in [3.8, 4) is 5.75 Å². The van der Waals surface area contributed by atoms with Crippen LogP contribution >= 0.6 is 0 Å². The number of carbonyl (C=O) groups excluding carboxylic acids is 1. The summed E-state index contributed by atoms with van der Waals surface area (Å²) in [6.07, 6.45) is 1.95. The van der Waals surface area contributed by atoms with E-state index in [1.807, 2.05) is 24.3 Å². The summed E-state index contributed by atoms with van der Waals surface area (Å²) in [5.41, 5.74) is 3.08. The normalized spacial score (nSPS) is 20.3. The molecule has 0 aromatic heterocycles. The molecule has 1 N–H and O–H groups in total. The minimum Gasteiger partial charge on any atom is -0.497 e. The minimum absolute atomic E-state index is 0.0925. The van der Waals surface area contributed by atoms with Gasteiger partial charge in [0, 0.05) is 25.1 Å². The Kier molecular flexibility index (Phi) is 6.36. The van der Waals surface area contributed by atoms with E-state index in [9.17, 15) is 4.79 Å². The number of nitrogens with one attached hydrogen (secondary N) is 1. The van der Waals surface area contributed by atoms with E-state index in [0.29, 0.717) is 26.1 Å². The van der Waals surface area contributed by atoms with Crippen molar-refractivity contribution in [3.63, 3.8) is 0 Å². The molecule has 1 unspecified atom stereocenters. The molecule has 29 heavy (non-hydrogen) atoms. The molecule has 0 saturated carbocycles. The highest BCUT2D eigenvalue weighted by molar-refractivity contribution is 6.74. The third-order valence-electron chi connectivity index (χ3n) is 6.11.